The summed E-state index contributed by atoms with van der Waals surface area (Å²) in [5, 5.41) is 2.96. The van der Waals surface area contributed by atoms with Gasteiger partial charge in [-0.15, -0.1) is 0 Å². The first-order chi connectivity index (χ1) is 16.0. The zero-order chi connectivity index (χ0) is 25.0. The summed E-state index contributed by atoms with van der Waals surface area (Å²) in [6, 6.07) is 19.6. The SMILES string of the molecule is Cc1cc(C(=O)NCc2ccccc2-c2ccc(CN(C)C)cc2)cc(S(=O)(=O)N(C)C)c1C. The van der Waals surface area contributed by atoms with Crippen LogP contribution < -0.4 is 5.32 Å². The highest BCUT2D eigenvalue weighted by Crippen LogP contribution is 2.26. The molecule has 0 bridgehead atoms. The number of sulfonamides is 1. The average molecular weight is 480 g/mol. The molecule has 0 radical (unpaired) electrons. The average Bonchev–Trinajstić information content (AvgIpc) is 2.79. The Morgan fingerprint density at radius 1 is 0.912 bits per heavy atom. The molecule has 0 fully saturated rings. The Balaban J connectivity index is 1.83. The van der Waals surface area contributed by atoms with E-state index in [4.69, 9.17) is 0 Å². The number of carbonyl (C=O) groups excluding carboxylic acids is 1. The lowest BCUT2D eigenvalue weighted by atomic mass is 9.98. The summed E-state index contributed by atoms with van der Waals surface area (Å²) in [5.41, 5.74) is 6.08. The third kappa shape index (κ3) is 5.73. The lowest BCUT2D eigenvalue weighted by Gasteiger charge is -2.17. The van der Waals surface area contributed by atoms with E-state index in [0.29, 0.717) is 17.7 Å². The molecule has 0 heterocycles. The number of carbonyl (C=O) groups is 1. The Morgan fingerprint density at radius 2 is 1.56 bits per heavy atom. The molecule has 0 unspecified atom stereocenters. The quantitative estimate of drug-likeness (QED) is 0.525. The number of aryl methyl sites for hydroxylation is 1. The van der Waals surface area contributed by atoms with Crippen LogP contribution in [0.1, 0.15) is 32.6 Å². The van der Waals surface area contributed by atoms with Crippen molar-refractivity contribution in [1.82, 2.24) is 14.5 Å². The van der Waals surface area contributed by atoms with Gasteiger partial charge in [-0.2, -0.15) is 0 Å². The Morgan fingerprint density at radius 3 is 2.18 bits per heavy atom. The molecule has 0 aliphatic heterocycles. The van der Waals surface area contributed by atoms with Crippen molar-refractivity contribution in [3.05, 3.63) is 88.5 Å². The predicted molar refractivity (Wildman–Crippen MR) is 137 cm³/mol. The third-order valence-corrected chi connectivity index (χ3v) is 7.80. The van der Waals surface area contributed by atoms with Crippen LogP contribution >= 0.6 is 0 Å². The Bertz CT molecular complexity index is 1280. The largest absolute Gasteiger partial charge is 0.348 e. The summed E-state index contributed by atoms with van der Waals surface area (Å²) in [4.78, 5) is 15.3. The molecule has 34 heavy (non-hydrogen) atoms. The molecule has 0 aliphatic carbocycles. The number of nitrogens with one attached hydrogen (secondary N) is 1. The van der Waals surface area contributed by atoms with Gasteiger partial charge in [0.1, 0.15) is 0 Å². The van der Waals surface area contributed by atoms with Gasteiger partial charge in [0.25, 0.3) is 5.91 Å². The fraction of sp³-hybridized carbons (Fsp3) is 0.296. The standard InChI is InChI=1S/C27H33N3O3S/c1-19-15-24(16-26(20(19)2)34(32,33)30(5)6)27(31)28-17-23-9-7-8-10-25(23)22-13-11-21(12-14-22)18-29(3)4/h7-16H,17-18H2,1-6H3,(H,28,31). The van der Waals surface area contributed by atoms with Gasteiger partial charge in [-0.1, -0.05) is 48.5 Å². The molecule has 3 aromatic rings. The topological polar surface area (TPSA) is 69.7 Å². The second-order valence-electron chi connectivity index (χ2n) is 8.98. The summed E-state index contributed by atoms with van der Waals surface area (Å²) in [5.74, 6) is -0.311. The van der Waals surface area contributed by atoms with Crippen LogP contribution in [0.15, 0.2) is 65.6 Å². The lowest BCUT2D eigenvalue weighted by Crippen LogP contribution is -2.26. The van der Waals surface area contributed by atoms with Gasteiger partial charge in [0, 0.05) is 32.7 Å². The summed E-state index contributed by atoms with van der Waals surface area (Å²) < 4.78 is 26.6. The van der Waals surface area contributed by atoms with E-state index >= 15 is 0 Å². The molecule has 0 saturated heterocycles. The molecule has 6 nitrogen and oxygen atoms in total. The smallest absolute Gasteiger partial charge is 0.251 e. The lowest BCUT2D eigenvalue weighted by molar-refractivity contribution is 0.0950. The number of hydrogen-bond donors (Lipinski definition) is 1. The van der Waals surface area contributed by atoms with Crippen molar-refractivity contribution in [2.24, 2.45) is 0 Å². The summed E-state index contributed by atoms with van der Waals surface area (Å²) in [7, 11) is 3.40. The van der Waals surface area contributed by atoms with Crippen LogP contribution in [-0.4, -0.2) is 51.7 Å². The first-order valence-corrected chi connectivity index (χ1v) is 12.6. The van der Waals surface area contributed by atoms with Crippen molar-refractivity contribution in [2.45, 2.75) is 31.8 Å². The van der Waals surface area contributed by atoms with Crippen LogP contribution in [0.4, 0.5) is 0 Å². The van der Waals surface area contributed by atoms with Gasteiger partial charge < -0.3 is 10.2 Å². The minimum atomic E-state index is -3.66. The third-order valence-electron chi connectivity index (χ3n) is 5.86. The first kappa shape index (κ1) is 25.6. The van der Waals surface area contributed by atoms with E-state index in [1.165, 1.54) is 25.7 Å². The van der Waals surface area contributed by atoms with Gasteiger partial charge in [-0.05, 0) is 73.5 Å². The van der Waals surface area contributed by atoms with Crippen molar-refractivity contribution in [2.75, 3.05) is 28.2 Å². The second-order valence-corrected chi connectivity index (χ2v) is 11.1. The molecule has 0 atom stereocenters. The Kier molecular flexibility index (Phi) is 7.92. The first-order valence-electron chi connectivity index (χ1n) is 11.1. The van der Waals surface area contributed by atoms with Gasteiger partial charge in [0.05, 0.1) is 4.90 Å². The maximum Gasteiger partial charge on any atom is 0.251 e. The van der Waals surface area contributed by atoms with Crippen LogP contribution in [0, 0.1) is 13.8 Å². The fourth-order valence-electron chi connectivity index (χ4n) is 3.81. The van der Waals surface area contributed by atoms with Crippen molar-refractivity contribution >= 4 is 15.9 Å². The molecule has 180 valence electrons. The molecule has 0 aromatic heterocycles. The van der Waals surface area contributed by atoms with E-state index in [0.717, 1.165) is 33.1 Å². The monoisotopic (exact) mass is 479 g/mol. The van der Waals surface area contributed by atoms with E-state index < -0.39 is 10.0 Å². The number of amides is 1. The Hall–Kier alpha value is -3.00. The van der Waals surface area contributed by atoms with Gasteiger partial charge in [-0.3, -0.25) is 4.79 Å². The molecule has 1 amide bonds. The van der Waals surface area contributed by atoms with Crippen molar-refractivity contribution in [1.29, 1.82) is 0 Å². The van der Waals surface area contributed by atoms with E-state index in [9.17, 15) is 13.2 Å². The van der Waals surface area contributed by atoms with E-state index in [-0.39, 0.29) is 10.8 Å². The summed E-state index contributed by atoms with van der Waals surface area (Å²) >= 11 is 0. The number of nitrogens with zero attached hydrogens (tertiary/aromatic N) is 2. The van der Waals surface area contributed by atoms with E-state index in [2.05, 4.69) is 34.5 Å². The zero-order valence-electron chi connectivity index (χ0n) is 20.7. The maximum absolute atomic E-state index is 13.0. The molecular formula is C27H33N3O3S. The zero-order valence-corrected chi connectivity index (χ0v) is 21.5. The highest BCUT2D eigenvalue weighted by molar-refractivity contribution is 7.89. The van der Waals surface area contributed by atoms with Crippen LogP contribution in [-0.2, 0) is 23.1 Å². The normalized spacial score (nSPS) is 11.8. The summed E-state index contributed by atoms with van der Waals surface area (Å²) in [6.07, 6.45) is 0. The molecule has 0 aliphatic rings. The van der Waals surface area contributed by atoms with Crippen molar-refractivity contribution in [3.8, 4) is 11.1 Å². The molecule has 7 heteroatoms. The molecule has 1 N–H and O–H groups in total. The van der Waals surface area contributed by atoms with Gasteiger partial charge in [0.15, 0.2) is 0 Å². The van der Waals surface area contributed by atoms with Crippen molar-refractivity contribution < 1.29 is 13.2 Å². The van der Waals surface area contributed by atoms with E-state index in [1.54, 1.807) is 13.0 Å². The van der Waals surface area contributed by atoms with Gasteiger partial charge in [0.2, 0.25) is 10.0 Å². The fourth-order valence-corrected chi connectivity index (χ4v) is 5.03. The minimum absolute atomic E-state index is 0.154. The molecular weight excluding hydrogens is 446 g/mol. The number of benzene rings is 3. The molecule has 3 rings (SSSR count). The summed E-state index contributed by atoms with van der Waals surface area (Å²) in [6.45, 7) is 4.78. The van der Waals surface area contributed by atoms with E-state index in [1.807, 2.05) is 45.3 Å². The highest BCUT2D eigenvalue weighted by atomic mass is 32.2. The highest BCUT2D eigenvalue weighted by Gasteiger charge is 2.23. The van der Waals surface area contributed by atoms with Crippen LogP contribution in [0.5, 0.6) is 0 Å². The molecule has 0 saturated carbocycles. The van der Waals surface area contributed by atoms with Crippen LogP contribution in [0.2, 0.25) is 0 Å². The number of hydrogen-bond acceptors (Lipinski definition) is 4. The van der Waals surface area contributed by atoms with Crippen molar-refractivity contribution in [3.63, 3.8) is 0 Å². The molecule has 3 aromatic carbocycles. The predicted octanol–water partition coefficient (Wildman–Crippen LogP) is 4.21. The van der Waals surface area contributed by atoms with Gasteiger partial charge in [-0.25, -0.2) is 12.7 Å². The molecule has 0 spiro atoms. The van der Waals surface area contributed by atoms with Crippen LogP contribution in [0.25, 0.3) is 11.1 Å². The maximum atomic E-state index is 13.0. The van der Waals surface area contributed by atoms with Crippen LogP contribution in [0.3, 0.4) is 0 Å². The minimum Gasteiger partial charge on any atom is -0.348 e. The van der Waals surface area contributed by atoms with Gasteiger partial charge >= 0.3 is 0 Å². The second kappa shape index (κ2) is 10.5. The Labute approximate surface area is 203 Å². The number of rotatable bonds is 8.